The lowest BCUT2D eigenvalue weighted by molar-refractivity contribution is 0.0686. The number of hydrogen-bond donors (Lipinski definition) is 1. The van der Waals surface area contributed by atoms with Crippen LogP contribution in [0.4, 0.5) is 0 Å². The summed E-state index contributed by atoms with van der Waals surface area (Å²) in [6.07, 6.45) is 1.55. The Morgan fingerprint density at radius 1 is 1.33 bits per heavy atom. The van der Waals surface area contributed by atoms with Gasteiger partial charge in [0.25, 0.3) is 0 Å². The summed E-state index contributed by atoms with van der Waals surface area (Å²) in [5.41, 5.74) is 1.60. The summed E-state index contributed by atoms with van der Waals surface area (Å²) in [4.78, 5) is 10.9. The maximum atomic E-state index is 10.9. The van der Waals surface area contributed by atoms with Crippen LogP contribution in [0.2, 0.25) is 0 Å². The van der Waals surface area contributed by atoms with E-state index in [1.807, 2.05) is 19.1 Å². The van der Waals surface area contributed by atoms with Gasteiger partial charge in [-0.1, -0.05) is 12.1 Å². The van der Waals surface area contributed by atoms with Gasteiger partial charge >= 0.3 is 5.97 Å². The highest BCUT2D eigenvalue weighted by atomic mass is 16.5. The molecule has 0 saturated carbocycles. The number of rotatable bonds is 3. The van der Waals surface area contributed by atoms with Gasteiger partial charge in [-0.3, -0.25) is 0 Å². The fourth-order valence-corrected chi connectivity index (χ4v) is 2.38. The Labute approximate surface area is 121 Å². The van der Waals surface area contributed by atoms with Crippen LogP contribution in [0.1, 0.15) is 29.4 Å². The number of carboxylic acid groups (broad SMARTS) is 1. The molecule has 0 radical (unpaired) electrons. The predicted octanol–water partition coefficient (Wildman–Crippen LogP) is 2.76. The van der Waals surface area contributed by atoms with Crippen molar-refractivity contribution in [2.75, 3.05) is 13.2 Å². The molecule has 0 atom stereocenters. The largest absolute Gasteiger partial charge is 0.490 e. The standard InChI is InChI=1S/C15H15NO5/c1-2-9-10(13-8-11(15(17)18)16-21-13)4-5-12-14(9)20-7-3-6-19-12/h4-5,8H,2-3,6-7H2,1H3,(H,17,18). The highest BCUT2D eigenvalue weighted by Crippen LogP contribution is 2.40. The highest BCUT2D eigenvalue weighted by molar-refractivity contribution is 5.86. The van der Waals surface area contributed by atoms with Crippen molar-refractivity contribution in [3.8, 4) is 22.8 Å². The van der Waals surface area contributed by atoms with E-state index in [1.165, 1.54) is 6.07 Å². The lowest BCUT2D eigenvalue weighted by atomic mass is 10.0. The van der Waals surface area contributed by atoms with Crippen LogP contribution in [0.25, 0.3) is 11.3 Å². The summed E-state index contributed by atoms with van der Waals surface area (Å²) in [5.74, 6) is 0.726. The summed E-state index contributed by atoms with van der Waals surface area (Å²) in [5, 5.41) is 12.5. The minimum Gasteiger partial charge on any atom is -0.490 e. The molecule has 1 aromatic heterocycles. The van der Waals surface area contributed by atoms with Crippen molar-refractivity contribution < 1.29 is 23.9 Å². The number of carbonyl (C=O) groups is 1. The molecule has 0 bridgehead atoms. The molecule has 0 unspecified atom stereocenters. The van der Waals surface area contributed by atoms with Gasteiger partial charge in [-0.15, -0.1) is 0 Å². The number of aromatic carboxylic acids is 1. The van der Waals surface area contributed by atoms with Crippen LogP contribution < -0.4 is 9.47 Å². The van der Waals surface area contributed by atoms with E-state index in [0.717, 1.165) is 17.5 Å². The van der Waals surface area contributed by atoms with E-state index < -0.39 is 5.97 Å². The monoisotopic (exact) mass is 289 g/mol. The second-order valence-corrected chi connectivity index (χ2v) is 4.70. The molecule has 0 fully saturated rings. The van der Waals surface area contributed by atoms with Gasteiger partial charge in [0.2, 0.25) is 0 Å². The van der Waals surface area contributed by atoms with Crippen LogP contribution in [0, 0.1) is 0 Å². The average Bonchev–Trinajstić information content (AvgIpc) is 2.85. The molecule has 0 amide bonds. The van der Waals surface area contributed by atoms with E-state index in [-0.39, 0.29) is 5.69 Å². The molecular weight excluding hydrogens is 274 g/mol. The van der Waals surface area contributed by atoms with E-state index in [2.05, 4.69) is 5.16 Å². The first-order valence-corrected chi connectivity index (χ1v) is 6.82. The Balaban J connectivity index is 2.09. The number of fused-ring (bicyclic) bond motifs is 1. The predicted molar refractivity (Wildman–Crippen MR) is 73.9 cm³/mol. The van der Waals surface area contributed by atoms with E-state index in [4.69, 9.17) is 19.1 Å². The molecule has 1 aliphatic heterocycles. The minimum atomic E-state index is -1.11. The number of aromatic nitrogens is 1. The van der Waals surface area contributed by atoms with E-state index in [0.29, 0.717) is 36.9 Å². The lowest BCUT2D eigenvalue weighted by Gasteiger charge is -2.14. The van der Waals surface area contributed by atoms with Crippen molar-refractivity contribution in [2.24, 2.45) is 0 Å². The molecule has 1 N–H and O–H groups in total. The van der Waals surface area contributed by atoms with E-state index in [9.17, 15) is 4.79 Å². The molecule has 1 aliphatic rings. The van der Waals surface area contributed by atoms with Crippen molar-refractivity contribution in [2.45, 2.75) is 19.8 Å². The van der Waals surface area contributed by atoms with Crippen molar-refractivity contribution in [1.82, 2.24) is 5.16 Å². The minimum absolute atomic E-state index is 0.112. The van der Waals surface area contributed by atoms with Crippen molar-refractivity contribution in [1.29, 1.82) is 0 Å². The zero-order chi connectivity index (χ0) is 14.8. The normalized spacial score (nSPS) is 13.8. The maximum Gasteiger partial charge on any atom is 0.358 e. The van der Waals surface area contributed by atoms with Gasteiger partial charge in [0.05, 0.1) is 13.2 Å². The van der Waals surface area contributed by atoms with Gasteiger partial charge in [-0.25, -0.2) is 4.79 Å². The zero-order valence-corrected chi connectivity index (χ0v) is 11.6. The summed E-state index contributed by atoms with van der Waals surface area (Å²) >= 11 is 0. The second kappa shape index (κ2) is 5.47. The SMILES string of the molecule is CCc1c(-c2cc(C(=O)O)no2)ccc2c1OCCCO2. The maximum absolute atomic E-state index is 10.9. The van der Waals surface area contributed by atoms with Crippen LogP contribution in [0.3, 0.4) is 0 Å². The van der Waals surface area contributed by atoms with Gasteiger partial charge in [-0.2, -0.15) is 0 Å². The zero-order valence-electron chi connectivity index (χ0n) is 11.6. The third-order valence-corrected chi connectivity index (χ3v) is 3.37. The Morgan fingerprint density at radius 3 is 2.86 bits per heavy atom. The number of nitrogens with zero attached hydrogens (tertiary/aromatic N) is 1. The molecule has 0 aliphatic carbocycles. The number of hydrogen-bond acceptors (Lipinski definition) is 5. The fourth-order valence-electron chi connectivity index (χ4n) is 2.38. The molecule has 21 heavy (non-hydrogen) atoms. The van der Waals surface area contributed by atoms with Gasteiger partial charge in [0.1, 0.15) is 0 Å². The molecule has 0 saturated heterocycles. The van der Waals surface area contributed by atoms with E-state index >= 15 is 0 Å². The quantitative estimate of drug-likeness (QED) is 0.935. The average molecular weight is 289 g/mol. The Hall–Kier alpha value is -2.50. The number of carboxylic acids is 1. The third kappa shape index (κ3) is 2.44. The lowest BCUT2D eigenvalue weighted by Crippen LogP contribution is -1.99. The van der Waals surface area contributed by atoms with Crippen LogP contribution in [-0.4, -0.2) is 29.4 Å². The molecule has 1 aromatic carbocycles. The van der Waals surface area contributed by atoms with Crippen LogP contribution >= 0.6 is 0 Å². The first-order chi connectivity index (χ1) is 10.2. The second-order valence-electron chi connectivity index (χ2n) is 4.70. The molecule has 2 heterocycles. The van der Waals surface area contributed by atoms with Crippen LogP contribution in [0.15, 0.2) is 22.7 Å². The van der Waals surface area contributed by atoms with Gasteiger partial charge in [0, 0.05) is 23.6 Å². The van der Waals surface area contributed by atoms with Crippen molar-refractivity contribution in [3.05, 3.63) is 29.5 Å². The molecule has 6 heteroatoms. The first-order valence-electron chi connectivity index (χ1n) is 6.82. The Morgan fingerprint density at radius 2 is 2.14 bits per heavy atom. The molecule has 6 nitrogen and oxygen atoms in total. The smallest absolute Gasteiger partial charge is 0.358 e. The molecule has 110 valence electrons. The first kappa shape index (κ1) is 13.5. The summed E-state index contributed by atoms with van der Waals surface area (Å²) in [7, 11) is 0. The topological polar surface area (TPSA) is 81.8 Å². The van der Waals surface area contributed by atoms with Gasteiger partial charge in [-0.05, 0) is 18.6 Å². The van der Waals surface area contributed by atoms with Crippen molar-refractivity contribution >= 4 is 5.97 Å². The summed E-state index contributed by atoms with van der Waals surface area (Å²) in [6.45, 7) is 3.23. The summed E-state index contributed by atoms with van der Waals surface area (Å²) in [6, 6.07) is 5.08. The molecular formula is C15H15NO5. The fraction of sp³-hybridized carbons (Fsp3) is 0.333. The summed E-state index contributed by atoms with van der Waals surface area (Å²) < 4.78 is 16.6. The Bertz CT molecular complexity index is 677. The van der Waals surface area contributed by atoms with E-state index in [1.54, 1.807) is 0 Å². The van der Waals surface area contributed by atoms with Crippen LogP contribution in [-0.2, 0) is 6.42 Å². The van der Waals surface area contributed by atoms with Crippen LogP contribution in [0.5, 0.6) is 11.5 Å². The molecule has 3 rings (SSSR count). The highest BCUT2D eigenvalue weighted by Gasteiger charge is 2.21. The number of benzene rings is 1. The Kier molecular flexibility index (Phi) is 3.51. The number of ether oxygens (including phenoxy) is 2. The van der Waals surface area contributed by atoms with Gasteiger partial charge < -0.3 is 19.1 Å². The molecule has 2 aromatic rings. The third-order valence-electron chi connectivity index (χ3n) is 3.37. The molecule has 0 spiro atoms. The van der Waals surface area contributed by atoms with Gasteiger partial charge in [0.15, 0.2) is 23.0 Å². The van der Waals surface area contributed by atoms with Crippen molar-refractivity contribution in [3.63, 3.8) is 0 Å².